The second-order valence-electron chi connectivity index (χ2n) is 6.99. The van der Waals surface area contributed by atoms with E-state index in [1.54, 1.807) is 33.4 Å². The molecule has 156 valence electrons. The number of hydrogen-bond donors (Lipinski definition) is 2. The van der Waals surface area contributed by atoms with Gasteiger partial charge in [0.05, 0.1) is 14.2 Å². The largest absolute Gasteiger partial charge is 0.497 e. The number of halogens is 1. The molecule has 2 N–H and O–H groups in total. The van der Waals surface area contributed by atoms with E-state index >= 15 is 0 Å². The molecule has 0 amide bonds. The highest BCUT2D eigenvalue weighted by atomic mass is 19.1. The molecule has 0 atom stereocenters. The fraction of sp³-hybridized carbons (Fsp3) is 0.409. The second-order valence-corrected chi connectivity index (χ2v) is 6.99. The van der Waals surface area contributed by atoms with Crippen LogP contribution >= 0.6 is 0 Å². The molecule has 6 nitrogen and oxygen atoms in total. The van der Waals surface area contributed by atoms with E-state index in [1.807, 2.05) is 24.3 Å². The molecule has 0 unspecified atom stereocenters. The number of hydrogen-bond acceptors (Lipinski definition) is 4. The van der Waals surface area contributed by atoms with Crippen molar-refractivity contribution in [2.24, 2.45) is 4.99 Å². The van der Waals surface area contributed by atoms with Crippen molar-refractivity contribution < 1.29 is 13.9 Å². The molecule has 7 heteroatoms. The van der Waals surface area contributed by atoms with Gasteiger partial charge in [0.25, 0.3) is 0 Å². The van der Waals surface area contributed by atoms with Gasteiger partial charge in [-0.25, -0.2) is 4.39 Å². The molecule has 2 aromatic carbocycles. The number of benzene rings is 2. The number of piperidine rings is 1. The normalized spacial score (nSPS) is 15.2. The lowest BCUT2D eigenvalue weighted by atomic mass is 10.0. The highest BCUT2D eigenvalue weighted by Gasteiger charge is 2.21. The van der Waals surface area contributed by atoms with E-state index in [2.05, 4.69) is 20.5 Å². The van der Waals surface area contributed by atoms with Crippen LogP contribution in [0.3, 0.4) is 0 Å². The fourth-order valence-electron chi connectivity index (χ4n) is 3.47. The van der Waals surface area contributed by atoms with E-state index in [1.165, 1.54) is 6.07 Å². The van der Waals surface area contributed by atoms with Gasteiger partial charge in [-0.2, -0.15) is 0 Å². The molecule has 3 rings (SSSR count). The monoisotopic (exact) mass is 400 g/mol. The minimum Gasteiger partial charge on any atom is -0.497 e. The summed E-state index contributed by atoms with van der Waals surface area (Å²) in [5, 5.41) is 6.65. The van der Waals surface area contributed by atoms with Crippen molar-refractivity contribution in [3.63, 3.8) is 0 Å². The van der Waals surface area contributed by atoms with Crippen molar-refractivity contribution in [2.45, 2.75) is 25.4 Å². The number of methoxy groups -OCH3 is 2. The smallest absolute Gasteiger partial charge is 0.191 e. The second kappa shape index (κ2) is 10.0. The van der Waals surface area contributed by atoms with Crippen molar-refractivity contribution in [3.05, 3.63) is 53.8 Å². The molecule has 2 aromatic rings. The molecule has 0 radical (unpaired) electrons. The van der Waals surface area contributed by atoms with Gasteiger partial charge in [-0.1, -0.05) is 18.2 Å². The lowest BCUT2D eigenvalue weighted by Gasteiger charge is -2.34. The molecule has 0 aliphatic carbocycles. The zero-order valence-electron chi connectivity index (χ0n) is 17.2. The van der Waals surface area contributed by atoms with Crippen molar-refractivity contribution >= 4 is 11.6 Å². The summed E-state index contributed by atoms with van der Waals surface area (Å²) >= 11 is 0. The Bertz CT molecular complexity index is 813. The highest BCUT2D eigenvalue weighted by molar-refractivity contribution is 5.80. The Hall–Kier alpha value is -2.96. The van der Waals surface area contributed by atoms with Crippen LogP contribution in [0.25, 0.3) is 0 Å². The van der Waals surface area contributed by atoms with E-state index in [0.29, 0.717) is 24.1 Å². The Morgan fingerprint density at radius 2 is 1.76 bits per heavy atom. The summed E-state index contributed by atoms with van der Waals surface area (Å²) in [6, 6.07) is 13.0. The molecule has 0 aromatic heterocycles. The van der Waals surface area contributed by atoms with Gasteiger partial charge < -0.3 is 25.0 Å². The van der Waals surface area contributed by atoms with E-state index < -0.39 is 0 Å². The lowest BCUT2D eigenvalue weighted by Crippen LogP contribution is -2.48. The van der Waals surface area contributed by atoms with Gasteiger partial charge >= 0.3 is 0 Å². The maximum absolute atomic E-state index is 13.8. The Morgan fingerprint density at radius 1 is 1.10 bits per heavy atom. The first kappa shape index (κ1) is 20.8. The first-order valence-corrected chi connectivity index (χ1v) is 9.81. The average Bonchev–Trinajstić information content (AvgIpc) is 2.77. The highest BCUT2D eigenvalue weighted by Crippen LogP contribution is 2.30. The number of anilines is 1. The average molecular weight is 400 g/mol. The maximum Gasteiger partial charge on any atom is 0.191 e. The van der Waals surface area contributed by atoms with Crippen LogP contribution in [-0.4, -0.2) is 46.4 Å². The zero-order chi connectivity index (χ0) is 20.6. The van der Waals surface area contributed by atoms with Crippen molar-refractivity contribution in [1.82, 2.24) is 10.6 Å². The Morgan fingerprint density at radius 3 is 2.34 bits per heavy atom. The van der Waals surface area contributed by atoms with Crippen LogP contribution in [0.2, 0.25) is 0 Å². The first-order chi connectivity index (χ1) is 14.1. The third kappa shape index (κ3) is 5.53. The van der Waals surface area contributed by atoms with Gasteiger partial charge in [0.1, 0.15) is 17.3 Å². The molecule has 1 saturated heterocycles. The third-order valence-electron chi connectivity index (χ3n) is 5.16. The number of guanidine groups is 1. The lowest BCUT2D eigenvalue weighted by molar-refractivity contribution is 0.393. The third-order valence-corrected chi connectivity index (χ3v) is 5.16. The molecule has 1 heterocycles. The van der Waals surface area contributed by atoms with Gasteiger partial charge in [0.2, 0.25) is 0 Å². The summed E-state index contributed by atoms with van der Waals surface area (Å²) in [6.07, 6.45) is 1.94. The van der Waals surface area contributed by atoms with Crippen LogP contribution in [0.4, 0.5) is 10.1 Å². The van der Waals surface area contributed by atoms with Crippen LogP contribution in [0, 0.1) is 5.82 Å². The number of nitrogens with one attached hydrogen (secondary N) is 2. The van der Waals surface area contributed by atoms with Crippen LogP contribution in [0.5, 0.6) is 11.5 Å². The summed E-state index contributed by atoms with van der Waals surface area (Å²) in [5.41, 5.74) is 1.72. The molecule has 0 bridgehead atoms. The van der Waals surface area contributed by atoms with Crippen LogP contribution < -0.4 is 25.0 Å². The predicted molar refractivity (Wildman–Crippen MR) is 115 cm³/mol. The molecule has 29 heavy (non-hydrogen) atoms. The van der Waals surface area contributed by atoms with Crippen molar-refractivity contribution in [2.75, 3.05) is 39.3 Å². The predicted octanol–water partition coefficient (Wildman–Crippen LogP) is 3.18. The Kier molecular flexibility index (Phi) is 7.16. The molecule has 1 aliphatic rings. The standard InChI is InChI=1S/C22H29FN4O2/c1-24-22(25-15-16-6-4-5-7-21(16)23)26-17-8-10-27(11-9-17)18-12-19(28-2)14-20(13-18)29-3/h4-7,12-14,17H,8-11,15H2,1-3H3,(H2,24,25,26). The van der Waals surface area contributed by atoms with E-state index in [0.717, 1.165) is 43.1 Å². The van der Waals surface area contributed by atoms with Crippen LogP contribution in [0.15, 0.2) is 47.5 Å². The van der Waals surface area contributed by atoms with E-state index in [-0.39, 0.29) is 5.82 Å². The summed E-state index contributed by atoms with van der Waals surface area (Å²) in [7, 11) is 5.05. The Balaban J connectivity index is 1.53. The number of nitrogens with zero attached hydrogens (tertiary/aromatic N) is 2. The SMILES string of the molecule is CN=C(NCc1ccccc1F)NC1CCN(c2cc(OC)cc(OC)c2)CC1. The maximum atomic E-state index is 13.8. The molecular weight excluding hydrogens is 371 g/mol. The zero-order valence-corrected chi connectivity index (χ0v) is 17.2. The van der Waals surface area contributed by atoms with Crippen LogP contribution in [-0.2, 0) is 6.54 Å². The molecule has 0 saturated carbocycles. The quantitative estimate of drug-likeness (QED) is 0.576. The summed E-state index contributed by atoms with van der Waals surface area (Å²) < 4.78 is 24.5. The van der Waals surface area contributed by atoms with Crippen molar-refractivity contribution in [3.8, 4) is 11.5 Å². The van der Waals surface area contributed by atoms with E-state index in [9.17, 15) is 4.39 Å². The van der Waals surface area contributed by atoms with Gasteiger partial charge in [-0.15, -0.1) is 0 Å². The van der Waals surface area contributed by atoms with Crippen molar-refractivity contribution in [1.29, 1.82) is 0 Å². The number of aliphatic imine (C=N–C) groups is 1. The summed E-state index contributed by atoms with van der Waals surface area (Å²) in [4.78, 5) is 6.61. The van der Waals surface area contributed by atoms with Gasteiger partial charge in [0.15, 0.2) is 5.96 Å². The minimum atomic E-state index is -0.211. The van der Waals surface area contributed by atoms with Gasteiger partial charge in [0, 0.05) is 62.2 Å². The number of ether oxygens (including phenoxy) is 2. The minimum absolute atomic E-state index is 0.211. The molecule has 1 aliphatic heterocycles. The Labute approximate surface area is 171 Å². The number of rotatable bonds is 6. The summed E-state index contributed by atoms with van der Waals surface area (Å²) in [6.45, 7) is 2.23. The first-order valence-electron chi connectivity index (χ1n) is 9.81. The molecule has 0 spiro atoms. The van der Waals surface area contributed by atoms with Gasteiger partial charge in [-0.05, 0) is 18.9 Å². The topological polar surface area (TPSA) is 58.1 Å². The van der Waals surface area contributed by atoms with E-state index in [4.69, 9.17) is 9.47 Å². The van der Waals surface area contributed by atoms with Gasteiger partial charge in [-0.3, -0.25) is 4.99 Å². The van der Waals surface area contributed by atoms with Crippen LogP contribution in [0.1, 0.15) is 18.4 Å². The molecule has 1 fully saturated rings. The summed E-state index contributed by atoms with van der Waals surface area (Å²) in [5.74, 6) is 2.06. The fourth-order valence-corrected chi connectivity index (χ4v) is 3.47. The molecular formula is C22H29FN4O2.